The van der Waals surface area contributed by atoms with Gasteiger partial charge in [-0.05, 0) is 40.0 Å². The molecule has 2 aromatic rings. The van der Waals surface area contributed by atoms with Crippen LogP contribution in [0.15, 0.2) is 63.5 Å². The number of anilines is 1. The molecule has 0 saturated heterocycles. The fourth-order valence-corrected chi connectivity index (χ4v) is 4.44. The number of esters is 2. The first kappa shape index (κ1) is 25.5. The van der Waals surface area contributed by atoms with Crippen molar-refractivity contribution in [3.8, 4) is 6.07 Å². The Morgan fingerprint density at radius 3 is 2.29 bits per heavy atom. The number of carboxylic acid groups (broad SMARTS) is 1. The third-order valence-corrected chi connectivity index (χ3v) is 6.21. The van der Waals surface area contributed by atoms with E-state index >= 15 is 0 Å². The number of rotatable bonds is 5. The number of hydrogen-bond acceptors (Lipinski definition) is 8. The van der Waals surface area contributed by atoms with Gasteiger partial charge in [0.15, 0.2) is 0 Å². The Morgan fingerprint density at radius 2 is 1.77 bits per heavy atom. The van der Waals surface area contributed by atoms with Crippen LogP contribution in [0.4, 0.5) is 10.1 Å². The number of nitrogens with two attached hydrogens (primary N) is 1. The van der Waals surface area contributed by atoms with E-state index in [1.54, 1.807) is 30.3 Å². The number of methoxy groups -OCH3 is 2. The van der Waals surface area contributed by atoms with Crippen molar-refractivity contribution in [3.63, 3.8) is 0 Å². The molecule has 3 rings (SSSR count). The average molecular weight is 544 g/mol. The number of allylic oxidation sites excluding steroid dienone is 1. The summed E-state index contributed by atoms with van der Waals surface area (Å²) in [4.78, 5) is 39.3. The lowest BCUT2D eigenvalue weighted by Gasteiger charge is -2.37. The largest absolute Gasteiger partial charge is 0.478 e. The van der Waals surface area contributed by atoms with Crippen LogP contribution >= 0.6 is 15.9 Å². The van der Waals surface area contributed by atoms with Crippen LogP contribution in [0.1, 0.15) is 27.4 Å². The number of hydrogen-bond donors (Lipinski definition) is 2. The van der Waals surface area contributed by atoms with E-state index in [0.29, 0.717) is 5.56 Å². The van der Waals surface area contributed by atoms with Crippen molar-refractivity contribution in [2.75, 3.05) is 19.1 Å². The molecule has 2 aromatic carbocycles. The molecule has 0 aliphatic carbocycles. The minimum absolute atomic E-state index is 0.0621. The summed E-state index contributed by atoms with van der Waals surface area (Å²) in [6.45, 7) is 1.40. The molecule has 1 aliphatic rings. The summed E-state index contributed by atoms with van der Waals surface area (Å²) >= 11 is 2.94. The number of carbonyl (C=O) groups excluding carboxylic acids is 2. The minimum atomic E-state index is -1.55. The van der Waals surface area contributed by atoms with Crippen molar-refractivity contribution in [1.82, 2.24) is 0 Å². The number of halogens is 2. The molecule has 1 unspecified atom stereocenters. The standard InChI is InChI=1S/C24H19BrFN3O6/c1-11-9-14(26)18(25)17(22(30)31)19(11)29-20(24(33)35-3)16(23(32)34-2)15(13(10-27)21(29)28)12-7-5-4-6-8-12/h4-9,15H,28H2,1-3H3,(H,30,31). The van der Waals surface area contributed by atoms with E-state index in [2.05, 4.69) is 15.9 Å². The third-order valence-electron chi connectivity index (χ3n) is 5.43. The molecule has 180 valence electrons. The Kier molecular flexibility index (Phi) is 7.26. The highest BCUT2D eigenvalue weighted by atomic mass is 79.9. The van der Waals surface area contributed by atoms with Crippen LogP contribution in [-0.2, 0) is 19.1 Å². The summed E-state index contributed by atoms with van der Waals surface area (Å²) < 4.78 is 23.9. The maximum Gasteiger partial charge on any atom is 0.355 e. The number of nitrogens with zero attached hydrogens (tertiary/aromatic N) is 2. The maximum absolute atomic E-state index is 14.5. The van der Waals surface area contributed by atoms with Crippen molar-refractivity contribution in [2.24, 2.45) is 5.73 Å². The lowest BCUT2D eigenvalue weighted by molar-refractivity contribution is -0.139. The molecule has 35 heavy (non-hydrogen) atoms. The Morgan fingerprint density at radius 1 is 1.17 bits per heavy atom. The second kappa shape index (κ2) is 9.99. The van der Waals surface area contributed by atoms with E-state index in [1.807, 2.05) is 6.07 Å². The van der Waals surface area contributed by atoms with E-state index in [4.69, 9.17) is 15.2 Å². The van der Waals surface area contributed by atoms with Crippen LogP contribution in [0.5, 0.6) is 0 Å². The molecule has 1 heterocycles. The highest BCUT2D eigenvalue weighted by Gasteiger charge is 2.44. The van der Waals surface area contributed by atoms with Crippen LogP contribution in [0.3, 0.4) is 0 Å². The van der Waals surface area contributed by atoms with Gasteiger partial charge in [-0.15, -0.1) is 0 Å². The highest BCUT2D eigenvalue weighted by Crippen LogP contribution is 2.46. The molecule has 0 fully saturated rings. The quantitative estimate of drug-likeness (QED) is 0.541. The summed E-state index contributed by atoms with van der Waals surface area (Å²) in [5.74, 6) is -5.91. The van der Waals surface area contributed by atoms with Crippen molar-refractivity contribution in [3.05, 3.63) is 86.0 Å². The van der Waals surface area contributed by atoms with Crippen LogP contribution in [0.2, 0.25) is 0 Å². The topological polar surface area (TPSA) is 143 Å². The molecule has 0 saturated carbocycles. The van der Waals surface area contributed by atoms with Crippen molar-refractivity contribution < 1.29 is 33.4 Å². The number of carbonyl (C=O) groups is 3. The van der Waals surface area contributed by atoms with Gasteiger partial charge < -0.3 is 20.3 Å². The highest BCUT2D eigenvalue weighted by molar-refractivity contribution is 9.10. The summed E-state index contributed by atoms with van der Waals surface area (Å²) in [7, 11) is 2.15. The predicted octanol–water partition coefficient (Wildman–Crippen LogP) is 3.49. The normalized spacial score (nSPS) is 15.5. The van der Waals surface area contributed by atoms with Gasteiger partial charge in [-0.1, -0.05) is 30.3 Å². The predicted molar refractivity (Wildman–Crippen MR) is 125 cm³/mol. The van der Waals surface area contributed by atoms with Gasteiger partial charge in [-0.3, -0.25) is 4.90 Å². The molecule has 1 atom stereocenters. The summed E-state index contributed by atoms with van der Waals surface area (Å²) in [6, 6.07) is 11.3. The lowest BCUT2D eigenvalue weighted by atomic mass is 9.80. The Labute approximate surface area is 208 Å². The number of nitriles is 1. The fourth-order valence-electron chi connectivity index (χ4n) is 3.97. The second-order valence-electron chi connectivity index (χ2n) is 7.35. The van der Waals surface area contributed by atoms with Gasteiger partial charge in [-0.25, -0.2) is 18.8 Å². The maximum atomic E-state index is 14.5. The zero-order valence-corrected chi connectivity index (χ0v) is 20.3. The lowest BCUT2D eigenvalue weighted by Crippen LogP contribution is -2.41. The first-order valence-corrected chi connectivity index (χ1v) is 10.8. The van der Waals surface area contributed by atoms with Gasteiger partial charge in [-0.2, -0.15) is 5.26 Å². The van der Waals surface area contributed by atoms with Crippen molar-refractivity contribution >= 4 is 39.5 Å². The van der Waals surface area contributed by atoms with Crippen molar-refractivity contribution in [2.45, 2.75) is 12.8 Å². The van der Waals surface area contributed by atoms with E-state index in [-0.39, 0.29) is 28.2 Å². The molecule has 0 spiro atoms. The van der Waals surface area contributed by atoms with Gasteiger partial charge in [0.25, 0.3) is 0 Å². The molecule has 0 amide bonds. The first-order chi connectivity index (χ1) is 16.6. The van der Waals surface area contributed by atoms with Gasteiger partial charge in [0, 0.05) is 0 Å². The van der Waals surface area contributed by atoms with E-state index in [9.17, 15) is 29.1 Å². The summed E-state index contributed by atoms with van der Waals surface area (Å²) in [5, 5.41) is 20.0. The average Bonchev–Trinajstić information content (AvgIpc) is 2.84. The van der Waals surface area contributed by atoms with Crippen molar-refractivity contribution in [1.29, 1.82) is 5.26 Å². The zero-order valence-electron chi connectivity index (χ0n) is 18.8. The molecule has 0 radical (unpaired) electrons. The van der Waals surface area contributed by atoms with E-state index < -0.39 is 45.4 Å². The van der Waals surface area contributed by atoms with Crippen LogP contribution < -0.4 is 10.6 Å². The van der Waals surface area contributed by atoms with Gasteiger partial charge >= 0.3 is 17.9 Å². The molecule has 9 nitrogen and oxygen atoms in total. The Bertz CT molecular complexity index is 1350. The summed E-state index contributed by atoms with van der Waals surface area (Å²) in [5.41, 5.74) is 5.18. The van der Waals surface area contributed by atoms with Gasteiger partial charge in [0.2, 0.25) is 0 Å². The second-order valence-corrected chi connectivity index (χ2v) is 8.15. The SMILES string of the molecule is COC(=O)C1=C(C(=O)OC)N(c2c(C)cc(F)c(Br)c2C(=O)O)C(N)=C(C#N)C1c1ccccc1. The molecular formula is C24H19BrFN3O6. The summed E-state index contributed by atoms with van der Waals surface area (Å²) in [6.07, 6.45) is 0. The van der Waals surface area contributed by atoms with E-state index in [1.165, 1.54) is 6.92 Å². The van der Waals surface area contributed by atoms with Crippen LogP contribution in [-0.4, -0.2) is 37.2 Å². The number of benzene rings is 2. The molecule has 0 bridgehead atoms. The number of aromatic carboxylic acids is 1. The monoisotopic (exact) mass is 543 g/mol. The first-order valence-electron chi connectivity index (χ1n) is 9.98. The smallest absolute Gasteiger partial charge is 0.355 e. The number of aryl methyl sites for hydroxylation is 1. The van der Waals surface area contributed by atoms with E-state index in [0.717, 1.165) is 25.2 Å². The third kappa shape index (κ3) is 4.24. The molecular weight excluding hydrogens is 525 g/mol. The van der Waals surface area contributed by atoms with Gasteiger partial charge in [0.1, 0.15) is 22.9 Å². The number of ether oxygens (including phenoxy) is 2. The Balaban J connectivity index is 2.56. The van der Waals surface area contributed by atoms with Crippen LogP contribution in [0, 0.1) is 24.1 Å². The van der Waals surface area contributed by atoms with Crippen LogP contribution in [0.25, 0.3) is 0 Å². The fraction of sp³-hybridized carbons (Fsp3) is 0.167. The molecule has 1 aliphatic heterocycles. The Hall–Kier alpha value is -4.17. The zero-order chi connectivity index (χ0) is 26.0. The van der Waals surface area contributed by atoms with Gasteiger partial charge in [0.05, 0.1) is 47.5 Å². The molecule has 3 N–H and O–H groups in total. The molecule has 0 aromatic heterocycles. The minimum Gasteiger partial charge on any atom is -0.478 e. The molecule has 11 heteroatoms. The number of carboxylic acids is 1.